The number of hydrogen-bond donors (Lipinski definition) is 0. The third kappa shape index (κ3) is 3.11. The normalized spacial score (nSPS) is 16.5. The molecule has 27 heavy (non-hydrogen) atoms. The molecule has 2 heterocycles. The number of benzene rings is 1. The van der Waals surface area contributed by atoms with E-state index in [9.17, 15) is 14.0 Å². The van der Waals surface area contributed by atoms with Crippen molar-refractivity contribution in [2.24, 2.45) is 0 Å². The Morgan fingerprint density at radius 3 is 2.48 bits per heavy atom. The minimum atomic E-state index is -0.347. The number of nitrogens with zero attached hydrogens (tertiary/aromatic N) is 4. The van der Waals surface area contributed by atoms with Gasteiger partial charge in [-0.1, -0.05) is 19.1 Å². The van der Waals surface area contributed by atoms with E-state index < -0.39 is 0 Å². The summed E-state index contributed by atoms with van der Waals surface area (Å²) in [5, 5.41) is 4.51. The molecule has 0 unspecified atom stereocenters. The summed E-state index contributed by atoms with van der Waals surface area (Å²) in [5.41, 5.74) is 2.69. The molecule has 1 aromatic carbocycles. The number of amides is 2. The van der Waals surface area contributed by atoms with Crippen molar-refractivity contribution >= 4 is 11.8 Å². The molecule has 4 rings (SSSR count). The number of carbonyl (C=O) groups is 2. The van der Waals surface area contributed by atoms with Crippen LogP contribution in [-0.2, 0) is 17.6 Å². The van der Waals surface area contributed by atoms with E-state index in [4.69, 9.17) is 0 Å². The van der Waals surface area contributed by atoms with Crippen LogP contribution >= 0.6 is 0 Å². The van der Waals surface area contributed by atoms with Gasteiger partial charge in [0.15, 0.2) is 5.69 Å². The van der Waals surface area contributed by atoms with Crippen LogP contribution in [0.1, 0.15) is 41.5 Å². The highest BCUT2D eigenvalue weighted by atomic mass is 19.1. The van der Waals surface area contributed by atoms with Crippen molar-refractivity contribution in [2.45, 2.75) is 32.6 Å². The molecule has 7 heteroatoms. The van der Waals surface area contributed by atoms with Crippen LogP contribution in [-0.4, -0.2) is 57.6 Å². The number of hydrogen-bond acceptors (Lipinski definition) is 3. The zero-order chi connectivity index (χ0) is 19.0. The molecule has 1 aliphatic heterocycles. The molecule has 0 spiro atoms. The van der Waals surface area contributed by atoms with E-state index in [0.717, 1.165) is 30.5 Å². The van der Waals surface area contributed by atoms with Gasteiger partial charge in [-0.3, -0.25) is 9.59 Å². The van der Waals surface area contributed by atoms with Crippen LogP contribution in [0.3, 0.4) is 0 Å². The first-order chi connectivity index (χ1) is 13.1. The molecule has 142 valence electrons. The number of rotatable bonds is 3. The SMILES string of the molecule is CCC(=O)N1CCN(C(=O)c2nn(-c3ccccc3F)c3c2CCC3)CC1. The van der Waals surface area contributed by atoms with Crippen LogP contribution in [0.5, 0.6) is 0 Å². The van der Waals surface area contributed by atoms with Crippen molar-refractivity contribution in [3.63, 3.8) is 0 Å². The van der Waals surface area contributed by atoms with Crippen molar-refractivity contribution in [1.29, 1.82) is 0 Å². The van der Waals surface area contributed by atoms with E-state index in [1.807, 2.05) is 6.92 Å². The number of para-hydroxylation sites is 1. The van der Waals surface area contributed by atoms with Gasteiger partial charge in [-0.25, -0.2) is 9.07 Å². The van der Waals surface area contributed by atoms with E-state index >= 15 is 0 Å². The third-order valence-corrected chi connectivity index (χ3v) is 5.44. The largest absolute Gasteiger partial charge is 0.339 e. The van der Waals surface area contributed by atoms with Crippen molar-refractivity contribution in [3.05, 3.63) is 47.0 Å². The van der Waals surface area contributed by atoms with Gasteiger partial charge in [0, 0.05) is 43.9 Å². The quantitative estimate of drug-likeness (QED) is 0.832. The van der Waals surface area contributed by atoms with Gasteiger partial charge in [-0.2, -0.15) is 5.10 Å². The number of carbonyl (C=O) groups excluding carboxylic acids is 2. The van der Waals surface area contributed by atoms with Gasteiger partial charge in [0.2, 0.25) is 5.91 Å². The Labute approximate surface area is 157 Å². The van der Waals surface area contributed by atoms with Crippen LogP contribution in [0.2, 0.25) is 0 Å². The standard InChI is InChI=1S/C20H23FN4O2/c1-2-18(26)23-10-12-24(13-11-23)20(27)19-14-6-5-9-16(14)25(22-19)17-8-4-3-7-15(17)21/h3-4,7-8H,2,5-6,9-13H2,1H3. The Morgan fingerprint density at radius 1 is 1.07 bits per heavy atom. The summed E-state index contributed by atoms with van der Waals surface area (Å²) in [6.07, 6.45) is 3.01. The van der Waals surface area contributed by atoms with Crippen molar-refractivity contribution in [1.82, 2.24) is 19.6 Å². The molecule has 1 fully saturated rings. The van der Waals surface area contributed by atoms with Gasteiger partial charge in [-0.15, -0.1) is 0 Å². The van der Waals surface area contributed by atoms with Crippen molar-refractivity contribution in [2.75, 3.05) is 26.2 Å². The van der Waals surface area contributed by atoms with E-state index in [1.165, 1.54) is 6.07 Å². The average molecular weight is 370 g/mol. The lowest BCUT2D eigenvalue weighted by Gasteiger charge is -2.34. The lowest BCUT2D eigenvalue weighted by molar-refractivity contribution is -0.132. The Morgan fingerprint density at radius 2 is 1.78 bits per heavy atom. The molecule has 0 radical (unpaired) electrons. The van der Waals surface area contributed by atoms with Gasteiger partial charge in [-0.05, 0) is 31.4 Å². The Hall–Kier alpha value is -2.70. The molecule has 6 nitrogen and oxygen atoms in total. The monoisotopic (exact) mass is 370 g/mol. The predicted octanol–water partition coefficient (Wildman–Crippen LogP) is 2.19. The lowest BCUT2D eigenvalue weighted by atomic mass is 10.1. The maximum atomic E-state index is 14.3. The molecule has 0 saturated carbocycles. The summed E-state index contributed by atoms with van der Waals surface area (Å²) in [6, 6.07) is 6.51. The molecule has 1 aliphatic carbocycles. The summed E-state index contributed by atoms with van der Waals surface area (Å²) in [4.78, 5) is 28.5. The third-order valence-electron chi connectivity index (χ3n) is 5.44. The predicted molar refractivity (Wildman–Crippen MR) is 98.3 cm³/mol. The molecule has 1 aromatic heterocycles. The summed E-state index contributed by atoms with van der Waals surface area (Å²) < 4.78 is 15.9. The maximum absolute atomic E-state index is 14.3. The highest BCUT2D eigenvalue weighted by Crippen LogP contribution is 2.29. The van der Waals surface area contributed by atoms with E-state index in [-0.39, 0.29) is 17.6 Å². The highest BCUT2D eigenvalue weighted by molar-refractivity contribution is 5.94. The second-order valence-corrected chi connectivity index (χ2v) is 7.02. The van der Waals surface area contributed by atoms with Gasteiger partial charge >= 0.3 is 0 Å². The molecule has 1 saturated heterocycles. The topological polar surface area (TPSA) is 58.4 Å². The van der Waals surface area contributed by atoms with Gasteiger partial charge in [0.1, 0.15) is 11.5 Å². The summed E-state index contributed by atoms with van der Waals surface area (Å²) >= 11 is 0. The summed E-state index contributed by atoms with van der Waals surface area (Å²) in [6.45, 7) is 3.96. The average Bonchev–Trinajstić information content (AvgIpc) is 3.30. The van der Waals surface area contributed by atoms with E-state index in [1.54, 1.807) is 32.7 Å². The zero-order valence-corrected chi connectivity index (χ0v) is 15.4. The van der Waals surface area contributed by atoms with Crippen LogP contribution < -0.4 is 0 Å². The molecule has 0 N–H and O–H groups in total. The Balaban J connectivity index is 1.60. The zero-order valence-electron chi connectivity index (χ0n) is 15.4. The molecular formula is C20H23FN4O2. The van der Waals surface area contributed by atoms with E-state index in [0.29, 0.717) is 44.0 Å². The second kappa shape index (κ2) is 7.13. The fourth-order valence-corrected chi connectivity index (χ4v) is 3.96. The highest BCUT2D eigenvalue weighted by Gasteiger charge is 2.32. The summed E-state index contributed by atoms with van der Waals surface area (Å²) in [5.74, 6) is -0.348. The van der Waals surface area contributed by atoms with Crippen LogP contribution in [0.4, 0.5) is 4.39 Å². The second-order valence-electron chi connectivity index (χ2n) is 7.02. The number of piperazine rings is 1. The minimum Gasteiger partial charge on any atom is -0.339 e. The maximum Gasteiger partial charge on any atom is 0.274 e. The number of aromatic nitrogens is 2. The first-order valence-electron chi connectivity index (χ1n) is 9.53. The first kappa shape index (κ1) is 17.7. The van der Waals surface area contributed by atoms with Crippen molar-refractivity contribution < 1.29 is 14.0 Å². The van der Waals surface area contributed by atoms with Crippen LogP contribution in [0, 0.1) is 5.82 Å². The molecule has 0 atom stereocenters. The molecular weight excluding hydrogens is 347 g/mol. The van der Waals surface area contributed by atoms with Crippen molar-refractivity contribution in [3.8, 4) is 5.69 Å². The summed E-state index contributed by atoms with van der Waals surface area (Å²) in [7, 11) is 0. The smallest absolute Gasteiger partial charge is 0.274 e. The number of halogens is 1. The Kier molecular flexibility index (Phi) is 4.68. The minimum absolute atomic E-state index is 0.117. The van der Waals surface area contributed by atoms with Crippen LogP contribution in [0.25, 0.3) is 5.69 Å². The van der Waals surface area contributed by atoms with Gasteiger partial charge in [0.05, 0.1) is 0 Å². The number of fused-ring (bicyclic) bond motifs is 1. The van der Waals surface area contributed by atoms with Gasteiger partial charge < -0.3 is 9.80 Å². The van der Waals surface area contributed by atoms with Crippen LogP contribution in [0.15, 0.2) is 24.3 Å². The molecule has 0 bridgehead atoms. The lowest BCUT2D eigenvalue weighted by Crippen LogP contribution is -2.50. The molecule has 2 aromatic rings. The van der Waals surface area contributed by atoms with E-state index in [2.05, 4.69) is 5.10 Å². The fraction of sp³-hybridized carbons (Fsp3) is 0.450. The van der Waals surface area contributed by atoms with Gasteiger partial charge in [0.25, 0.3) is 5.91 Å². The fourth-order valence-electron chi connectivity index (χ4n) is 3.96. The Bertz CT molecular complexity index is 884. The molecule has 2 aliphatic rings. The first-order valence-corrected chi connectivity index (χ1v) is 9.53. The molecule has 2 amide bonds.